The molecule has 1 atom stereocenters. The fourth-order valence-electron chi connectivity index (χ4n) is 0.646. The van der Waals surface area contributed by atoms with E-state index in [0.717, 1.165) is 23.0 Å². The third-order valence-corrected chi connectivity index (χ3v) is 6.22. The highest BCUT2D eigenvalue weighted by atomic mass is 28.4. The van der Waals surface area contributed by atoms with Gasteiger partial charge in [-0.15, -0.1) is 0 Å². The third kappa shape index (κ3) is 6.65. The Morgan fingerprint density at radius 1 is 1.70 bits per heavy atom. The summed E-state index contributed by atoms with van der Waals surface area (Å²) in [6.07, 6.45) is 0.892. The van der Waals surface area contributed by atoms with Gasteiger partial charge in [-0.3, -0.25) is 0 Å². The van der Waals surface area contributed by atoms with Crippen molar-refractivity contribution < 1.29 is 13.3 Å². The monoisotopic (exact) mass is 196 g/mol. The van der Waals surface area contributed by atoms with E-state index in [1.54, 1.807) is 0 Å². The minimum Gasteiger partial charge on any atom is -0.449 e. The van der Waals surface area contributed by atoms with Gasteiger partial charge in [-0.2, -0.15) is 0 Å². The van der Waals surface area contributed by atoms with Crippen LogP contribution in [0.4, 0.5) is 0 Å². The molecule has 0 aromatic carbocycles. The van der Waals surface area contributed by atoms with E-state index in [-0.39, 0.29) is 0 Å². The van der Waals surface area contributed by atoms with Gasteiger partial charge in [-0.05, 0) is 19.0 Å². The largest absolute Gasteiger partial charge is 0.449 e. The molecule has 0 radical (unpaired) electrons. The van der Waals surface area contributed by atoms with E-state index in [4.69, 9.17) is 13.3 Å². The lowest BCUT2D eigenvalue weighted by molar-refractivity contribution is 0.293. The predicted octanol–water partition coefficient (Wildman–Crippen LogP) is -1.97. The first-order valence-electron chi connectivity index (χ1n) is 3.52. The van der Waals surface area contributed by atoms with Crippen molar-refractivity contribution in [1.29, 1.82) is 0 Å². The fourth-order valence-corrected chi connectivity index (χ4v) is 4.77. The summed E-state index contributed by atoms with van der Waals surface area (Å²) in [7, 11) is -0.741. The van der Waals surface area contributed by atoms with E-state index in [2.05, 4.69) is 6.55 Å². The molecule has 0 saturated heterocycles. The molecule has 0 aromatic heterocycles. The van der Waals surface area contributed by atoms with E-state index >= 15 is 0 Å². The molecular formula is C4H16O3Si3. The van der Waals surface area contributed by atoms with Gasteiger partial charge in [0, 0.05) is 6.61 Å². The van der Waals surface area contributed by atoms with Crippen molar-refractivity contribution in [3.05, 3.63) is 0 Å². The standard InChI is InChI=1S/C4H16O3Si3/c1-10(4-2-3-5)7-9-6-8/h5,10H,2-4,9H2,1,8H3. The number of hydrogen-bond donors (Lipinski definition) is 1. The normalized spacial score (nSPS) is 15.0. The molecule has 0 aliphatic carbocycles. The molecule has 3 nitrogen and oxygen atoms in total. The summed E-state index contributed by atoms with van der Waals surface area (Å²) in [5, 5.41) is 8.49. The second-order valence-electron chi connectivity index (χ2n) is 2.25. The SMILES string of the molecule is C[SiH](CCCO)O[SiH2]O[SiH3]. The van der Waals surface area contributed by atoms with Crippen LogP contribution in [-0.2, 0) is 8.23 Å². The van der Waals surface area contributed by atoms with Crippen LogP contribution in [0.3, 0.4) is 0 Å². The van der Waals surface area contributed by atoms with Gasteiger partial charge in [0.2, 0.25) is 0 Å². The second-order valence-corrected chi connectivity index (χ2v) is 8.33. The van der Waals surface area contributed by atoms with Gasteiger partial charge in [-0.25, -0.2) is 0 Å². The first kappa shape index (κ1) is 10.5. The van der Waals surface area contributed by atoms with Crippen LogP contribution in [0.25, 0.3) is 0 Å². The van der Waals surface area contributed by atoms with Crippen LogP contribution in [-0.4, -0.2) is 41.2 Å². The summed E-state index contributed by atoms with van der Waals surface area (Å²) in [5.41, 5.74) is 0. The lowest BCUT2D eigenvalue weighted by Gasteiger charge is -2.09. The Kier molecular flexibility index (Phi) is 8.04. The maximum atomic E-state index is 8.49. The lowest BCUT2D eigenvalue weighted by atomic mass is 10.5. The molecule has 1 N–H and O–H groups in total. The van der Waals surface area contributed by atoms with Crippen molar-refractivity contribution in [2.75, 3.05) is 6.61 Å². The van der Waals surface area contributed by atoms with E-state index in [1.807, 2.05) is 0 Å². The van der Waals surface area contributed by atoms with Gasteiger partial charge in [0.1, 0.15) is 10.5 Å². The van der Waals surface area contributed by atoms with E-state index in [9.17, 15) is 0 Å². The highest BCUT2D eigenvalue weighted by Crippen LogP contribution is 1.96. The Hall–Kier alpha value is 0.531. The molecule has 0 aliphatic heterocycles. The molecule has 0 spiro atoms. The maximum Gasteiger partial charge on any atom is 0.283 e. The lowest BCUT2D eigenvalue weighted by Crippen LogP contribution is -2.17. The zero-order valence-electron chi connectivity index (χ0n) is 6.67. The second kappa shape index (κ2) is 7.64. The van der Waals surface area contributed by atoms with Crippen molar-refractivity contribution in [2.45, 2.75) is 19.0 Å². The fraction of sp³-hybridized carbons (Fsp3) is 1.00. The van der Waals surface area contributed by atoms with Crippen LogP contribution in [0.2, 0.25) is 12.6 Å². The molecule has 10 heavy (non-hydrogen) atoms. The van der Waals surface area contributed by atoms with Gasteiger partial charge in [0.05, 0.1) is 0 Å². The molecule has 0 heterocycles. The average Bonchev–Trinajstić information content (AvgIpc) is 1.97. The molecule has 0 bridgehead atoms. The van der Waals surface area contributed by atoms with Crippen molar-refractivity contribution in [3.63, 3.8) is 0 Å². The summed E-state index contributed by atoms with van der Waals surface area (Å²) in [4.78, 5) is 0. The van der Waals surface area contributed by atoms with Gasteiger partial charge in [0.25, 0.3) is 10.0 Å². The minimum atomic E-state index is -0.938. The van der Waals surface area contributed by atoms with E-state index < -0.39 is 19.0 Å². The molecule has 6 heteroatoms. The zero-order valence-corrected chi connectivity index (χ0v) is 11.2. The summed E-state index contributed by atoms with van der Waals surface area (Å²) >= 11 is 0. The van der Waals surface area contributed by atoms with Gasteiger partial charge in [0.15, 0.2) is 9.04 Å². The molecule has 62 valence electrons. The van der Waals surface area contributed by atoms with Crippen LogP contribution < -0.4 is 0 Å². The minimum absolute atomic E-state index is 0.296. The highest BCUT2D eigenvalue weighted by Gasteiger charge is 2.02. The van der Waals surface area contributed by atoms with Gasteiger partial charge >= 0.3 is 0 Å². The number of rotatable bonds is 6. The zero-order chi connectivity index (χ0) is 7.82. The molecule has 0 aliphatic rings. The molecule has 0 aromatic rings. The van der Waals surface area contributed by atoms with Crippen LogP contribution in [0.5, 0.6) is 0 Å². The average molecular weight is 196 g/mol. The quantitative estimate of drug-likeness (QED) is 0.501. The Morgan fingerprint density at radius 2 is 2.40 bits per heavy atom. The number of hydrogen-bond acceptors (Lipinski definition) is 3. The number of aliphatic hydroxyl groups is 1. The summed E-state index contributed by atoms with van der Waals surface area (Å²) < 4.78 is 10.5. The smallest absolute Gasteiger partial charge is 0.283 e. The summed E-state index contributed by atoms with van der Waals surface area (Å²) in [6.45, 7) is 2.45. The molecule has 0 rings (SSSR count). The number of aliphatic hydroxyl groups excluding tert-OH is 1. The molecule has 1 unspecified atom stereocenters. The van der Waals surface area contributed by atoms with Crippen molar-refractivity contribution in [2.24, 2.45) is 0 Å². The Morgan fingerprint density at radius 3 is 2.90 bits per heavy atom. The van der Waals surface area contributed by atoms with Crippen LogP contribution in [0.15, 0.2) is 0 Å². The van der Waals surface area contributed by atoms with E-state index in [1.165, 1.54) is 0 Å². The summed E-state index contributed by atoms with van der Waals surface area (Å²) in [6, 6.07) is 1.08. The predicted molar refractivity (Wildman–Crippen MR) is 50.2 cm³/mol. The Labute approximate surface area is 69.1 Å². The Bertz CT molecular complexity index is 64.8. The van der Waals surface area contributed by atoms with Crippen molar-refractivity contribution >= 4 is 29.5 Å². The van der Waals surface area contributed by atoms with Gasteiger partial charge in [-0.1, -0.05) is 0 Å². The third-order valence-electron chi connectivity index (χ3n) is 1.24. The molecule has 0 saturated carbocycles. The van der Waals surface area contributed by atoms with Crippen LogP contribution in [0.1, 0.15) is 6.42 Å². The first-order valence-corrected chi connectivity index (χ1v) is 7.94. The molecule has 0 fully saturated rings. The van der Waals surface area contributed by atoms with E-state index in [0.29, 0.717) is 6.61 Å². The van der Waals surface area contributed by atoms with Crippen molar-refractivity contribution in [1.82, 2.24) is 0 Å². The van der Waals surface area contributed by atoms with Crippen LogP contribution in [0, 0.1) is 0 Å². The maximum absolute atomic E-state index is 8.49. The summed E-state index contributed by atoms with van der Waals surface area (Å²) in [5.74, 6) is 0. The highest BCUT2D eigenvalue weighted by molar-refractivity contribution is 6.56. The topological polar surface area (TPSA) is 38.7 Å². The molecule has 0 amide bonds. The van der Waals surface area contributed by atoms with Crippen molar-refractivity contribution in [3.8, 4) is 0 Å². The van der Waals surface area contributed by atoms with Gasteiger partial charge < -0.3 is 13.3 Å². The first-order chi connectivity index (χ1) is 4.81. The molecular weight excluding hydrogens is 180 g/mol. The van der Waals surface area contributed by atoms with Crippen LogP contribution >= 0.6 is 0 Å². The Balaban J connectivity index is 3.00.